The Kier molecular flexibility index (Phi) is 3.33. The third kappa shape index (κ3) is 2.13. The van der Waals surface area contributed by atoms with E-state index < -0.39 is 0 Å². The molecule has 1 aromatic carbocycles. The van der Waals surface area contributed by atoms with Crippen LogP contribution in [0.2, 0.25) is 0 Å². The van der Waals surface area contributed by atoms with E-state index in [1.807, 2.05) is 20.2 Å². The van der Waals surface area contributed by atoms with E-state index in [0.29, 0.717) is 0 Å². The summed E-state index contributed by atoms with van der Waals surface area (Å²) in [6.07, 6.45) is 1.19. The molecule has 2 rings (SSSR count). The molecule has 1 heterocycles. The number of aryl methyl sites for hydroxylation is 2. The lowest BCUT2D eigenvalue weighted by Gasteiger charge is -2.02. The minimum atomic E-state index is 0.0367. The van der Waals surface area contributed by atoms with Crippen LogP contribution in [0.5, 0.6) is 0 Å². The second-order valence-corrected chi connectivity index (χ2v) is 4.51. The summed E-state index contributed by atoms with van der Waals surface area (Å²) >= 11 is 0. The fourth-order valence-corrected chi connectivity index (χ4v) is 2.15. The van der Waals surface area contributed by atoms with Gasteiger partial charge in [0.25, 0.3) is 0 Å². The second-order valence-electron chi connectivity index (χ2n) is 4.51. The highest BCUT2D eigenvalue weighted by Crippen LogP contribution is 2.13. The standard InChI is InChI=1S/C13H19N3O/c1-4-7-14-9-10-5-6-11-12(8-10)16(3)13(17)15(11)2/h5-6,8,14H,4,7,9H2,1-3H3/p+1. The van der Waals surface area contributed by atoms with Crippen LogP contribution in [0.25, 0.3) is 11.0 Å². The number of hydrogen-bond acceptors (Lipinski definition) is 1. The Morgan fingerprint density at radius 1 is 1.18 bits per heavy atom. The van der Waals surface area contributed by atoms with Gasteiger partial charge in [0.1, 0.15) is 6.54 Å². The van der Waals surface area contributed by atoms with Crippen molar-refractivity contribution >= 4 is 11.0 Å². The van der Waals surface area contributed by atoms with Crippen molar-refractivity contribution in [3.8, 4) is 0 Å². The molecular weight excluding hydrogens is 214 g/mol. The van der Waals surface area contributed by atoms with Crippen molar-refractivity contribution < 1.29 is 5.32 Å². The maximum Gasteiger partial charge on any atom is 0.328 e. The quantitative estimate of drug-likeness (QED) is 0.762. The van der Waals surface area contributed by atoms with Gasteiger partial charge in [0.15, 0.2) is 0 Å². The Labute approximate surface area is 101 Å². The van der Waals surface area contributed by atoms with Crippen LogP contribution in [0.15, 0.2) is 23.0 Å². The van der Waals surface area contributed by atoms with Crippen molar-refractivity contribution in [1.82, 2.24) is 9.13 Å². The first-order valence-corrected chi connectivity index (χ1v) is 6.11. The first kappa shape index (κ1) is 11.9. The minimum absolute atomic E-state index is 0.0367. The molecule has 4 heteroatoms. The van der Waals surface area contributed by atoms with Crippen LogP contribution in [0.4, 0.5) is 0 Å². The number of imidazole rings is 1. The third-order valence-electron chi connectivity index (χ3n) is 3.21. The number of rotatable bonds is 4. The average molecular weight is 234 g/mol. The number of nitrogens with zero attached hydrogens (tertiary/aromatic N) is 2. The summed E-state index contributed by atoms with van der Waals surface area (Å²) in [6, 6.07) is 6.25. The Hall–Kier alpha value is -1.55. The van der Waals surface area contributed by atoms with Gasteiger partial charge in [0.05, 0.1) is 17.6 Å². The van der Waals surface area contributed by atoms with Crippen LogP contribution in [0.3, 0.4) is 0 Å². The molecule has 1 aromatic heterocycles. The maximum absolute atomic E-state index is 11.8. The summed E-state index contributed by atoms with van der Waals surface area (Å²) in [4.78, 5) is 11.8. The molecule has 0 saturated heterocycles. The zero-order valence-electron chi connectivity index (χ0n) is 10.7. The molecule has 0 aliphatic heterocycles. The number of hydrogen-bond donors (Lipinski definition) is 1. The van der Waals surface area contributed by atoms with Crippen LogP contribution < -0.4 is 11.0 Å². The number of fused-ring (bicyclic) bond motifs is 1. The van der Waals surface area contributed by atoms with Crippen molar-refractivity contribution in [2.45, 2.75) is 19.9 Å². The summed E-state index contributed by atoms with van der Waals surface area (Å²) in [7, 11) is 3.64. The molecule has 4 nitrogen and oxygen atoms in total. The SMILES string of the molecule is CCC[NH2+]Cc1ccc2c(c1)n(C)c(=O)n2C. The molecule has 0 saturated carbocycles. The first-order valence-electron chi connectivity index (χ1n) is 6.11. The maximum atomic E-state index is 11.8. The van der Waals surface area contributed by atoms with Gasteiger partial charge in [-0.15, -0.1) is 0 Å². The molecule has 0 aliphatic rings. The van der Waals surface area contributed by atoms with E-state index in [0.717, 1.165) is 24.1 Å². The first-order chi connectivity index (χ1) is 8.15. The van der Waals surface area contributed by atoms with Gasteiger partial charge < -0.3 is 5.32 Å². The summed E-state index contributed by atoms with van der Waals surface area (Å²) in [6.45, 7) is 4.30. The molecular formula is C13H20N3O+. The minimum Gasteiger partial charge on any atom is -0.343 e. The molecule has 2 aromatic rings. The van der Waals surface area contributed by atoms with E-state index >= 15 is 0 Å². The number of nitrogens with two attached hydrogens (primary N) is 1. The molecule has 0 unspecified atom stereocenters. The zero-order chi connectivity index (χ0) is 12.4. The van der Waals surface area contributed by atoms with Crippen LogP contribution in [-0.2, 0) is 20.6 Å². The van der Waals surface area contributed by atoms with E-state index in [1.165, 1.54) is 12.0 Å². The Morgan fingerprint density at radius 2 is 1.88 bits per heavy atom. The van der Waals surface area contributed by atoms with E-state index in [4.69, 9.17) is 0 Å². The highest BCUT2D eigenvalue weighted by Gasteiger charge is 2.08. The largest absolute Gasteiger partial charge is 0.343 e. The van der Waals surface area contributed by atoms with Crippen molar-refractivity contribution in [2.24, 2.45) is 14.1 Å². The second kappa shape index (κ2) is 4.75. The summed E-state index contributed by atoms with van der Waals surface area (Å²) in [5.74, 6) is 0. The zero-order valence-corrected chi connectivity index (χ0v) is 10.7. The molecule has 0 radical (unpaired) electrons. The van der Waals surface area contributed by atoms with Gasteiger partial charge in [-0.3, -0.25) is 9.13 Å². The summed E-state index contributed by atoms with van der Waals surface area (Å²) in [5, 5.41) is 2.29. The summed E-state index contributed by atoms with van der Waals surface area (Å²) < 4.78 is 3.40. The van der Waals surface area contributed by atoms with Gasteiger partial charge in [-0.2, -0.15) is 0 Å². The van der Waals surface area contributed by atoms with Gasteiger partial charge in [-0.25, -0.2) is 4.79 Å². The highest BCUT2D eigenvalue weighted by molar-refractivity contribution is 5.76. The van der Waals surface area contributed by atoms with Crippen LogP contribution in [0, 0.1) is 0 Å². The number of benzene rings is 1. The van der Waals surface area contributed by atoms with E-state index in [9.17, 15) is 4.79 Å². The van der Waals surface area contributed by atoms with E-state index in [-0.39, 0.29) is 5.69 Å². The normalized spacial score (nSPS) is 11.2. The van der Waals surface area contributed by atoms with Gasteiger partial charge in [0, 0.05) is 19.7 Å². The molecule has 0 bridgehead atoms. The van der Waals surface area contributed by atoms with E-state index in [2.05, 4.69) is 24.4 Å². The van der Waals surface area contributed by atoms with Gasteiger partial charge >= 0.3 is 5.69 Å². The fourth-order valence-electron chi connectivity index (χ4n) is 2.15. The molecule has 0 spiro atoms. The molecule has 0 atom stereocenters. The highest BCUT2D eigenvalue weighted by atomic mass is 16.1. The number of quaternary nitrogens is 1. The predicted octanol–water partition coefficient (Wildman–Crippen LogP) is 0.350. The molecule has 92 valence electrons. The van der Waals surface area contributed by atoms with Crippen LogP contribution in [0.1, 0.15) is 18.9 Å². The predicted molar refractivity (Wildman–Crippen MR) is 68.9 cm³/mol. The Morgan fingerprint density at radius 3 is 2.59 bits per heavy atom. The van der Waals surface area contributed by atoms with Crippen molar-refractivity contribution in [2.75, 3.05) is 6.54 Å². The summed E-state index contributed by atoms with van der Waals surface area (Å²) in [5.41, 5.74) is 3.32. The number of aromatic nitrogens is 2. The monoisotopic (exact) mass is 234 g/mol. The smallest absolute Gasteiger partial charge is 0.328 e. The molecule has 0 fully saturated rings. The van der Waals surface area contributed by atoms with Gasteiger partial charge in [0.2, 0.25) is 0 Å². The Bertz CT molecular complexity index is 580. The van der Waals surface area contributed by atoms with E-state index in [1.54, 1.807) is 9.13 Å². The third-order valence-corrected chi connectivity index (χ3v) is 3.21. The van der Waals surface area contributed by atoms with Crippen molar-refractivity contribution in [3.05, 3.63) is 34.2 Å². The van der Waals surface area contributed by atoms with Gasteiger partial charge in [-0.1, -0.05) is 13.0 Å². The topological polar surface area (TPSA) is 43.5 Å². The van der Waals surface area contributed by atoms with Crippen LogP contribution in [-0.4, -0.2) is 15.7 Å². The Balaban J connectivity index is 2.37. The molecule has 17 heavy (non-hydrogen) atoms. The molecule has 0 amide bonds. The van der Waals surface area contributed by atoms with Crippen molar-refractivity contribution in [1.29, 1.82) is 0 Å². The molecule has 0 aliphatic carbocycles. The lowest BCUT2D eigenvalue weighted by Crippen LogP contribution is -2.82. The fraction of sp³-hybridized carbons (Fsp3) is 0.462. The lowest BCUT2D eigenvalue weighted by atomic mass is 10.2. The van der Waals surface area contributed by atoms with Gasteiger partial charge in [-0.05, 0) is 18.6 Å². The molecule has 2 N–H and O–H groups in total. The van der Waals surface area contributed by atoms with Crippen LogP contribution >= 0.6 is 0 Å². The van der Waals surface area contributed by atoms with Crippen molar-refractivity contribution in [3.63, 3.8) is 0 Å². The lowest BCUT2D eigenvalue weighted by molar-refractivity contribution is -0.670. The average Bonchev–Trinajstić information content (AvgIpc) is 2.55.